The Morgan fingerprint density at radius 3 is 2.16 bits per heavy atom. The molecule has 13 atom stereocenters. The van der Waals surface area contributed by atoms with Crippen molar-refractivity contribution < 1.29 is 48.7 Å². The number of aliphatic hydroxyl groups is 3. The Morgan fingerprint density at radius 2 is 1.63 bits per heavy atom. The SMILES string of the molecule is CC[C@H]1OC(=O)[C@H](C)C(=O)[C@H](C)[C@@H](O[C@@H]2O[C@H](C)C[C@H](N(C)C)[C@H]2O)[C@](C)(OCCN)C[C@@H](C)C(=O)[C@H](C)[C@@H](O)[C@]1(C)O. The molecule has 250 valence electrons. The molecule has 2 rings (SSSR count). The van der Waals surface area contributed by atoms with Gasteiger partial charge in [0, 0.05) is 30.3 Å². The fourth-order valence-electron chi connectivity index (χ4n) is 6.67. The fourth-order valence-corrected chi connectivity index (χ4v) is 6.67. The minimum Gasteiger partial charge on any atom is -0.459 e. The number of carbonyl (C=O) groups excluding carboxylic acids is 3. The second-order valence-electron chi connectivity index (χ2n) is 13.3. The van der Waals surface area contributed by atoms with Crippen LogP contribution in [-0.4, -0.2) is 119 Å². The number of nitrogens with zero attached hydrogens (tertiary/aromatic N) is 1. The standard InChI is InChI=1S/C31H56N2O10/c1-11-22-31(8,39)26(37)18(4)23(34)16(2)15-30(7,40-13-12-32)27(19(5)24(35)20(6)28(38)42-22)43-29-25(36)21(33(9)10)14-17(3)41-29/h16-22,25-27,29,36-37,39H,11-15,32H2,1-10H3/t16-,17-,18+,19+,20-,21+,22-,25-,26-,27-,29+,30-,31-/m1/s1. The second-order valence-corrected chi connectivity index (χ2v) is 13.3. The molecule has 0 saturated carbocycles. The zero-order chi connectivity index (χ0) is 33.0. The highest BCUT2D eigenvalue weighted by atomic mass is 16.7. The Kier molecular flexibility index (Phi) is 13.3. The number of hydrogen-bond acceptors (Lipinski definition) is 12. The summed E-state index contributed by atoms with van der Waals surface area (Å²) >= 11 is 0. The van der Waals surface area contributed by atoms with E-state index in [1.54, 1.807) is 27.7 Å². The molecule has 2 fully saturated rings. The number of rotatable bonds is 7. The van der Waals surface area contributed by atoms with Crippen LogP contribution in [0.25, 0.3) is 0 Å². The number of esters is 1. The number of cyclic esters (lactones) is 1. The van der Waals surface area contributed by atoms with Crippen molar-refractivity contribution in [3.8, 4) is 0 Å². The summed E-state index contributed by atoms with van der Waals surface area (Å²) in [6.07, 6.45) is -5.53. The molecule has 2 heterocycles. The van der Waals surface area contributed by atoms with Gasteiger partial charge in [-0.3, -0.25) is 14.4 Å². The van der Waals surface area contributed by atoms with Gasteiger partial charge in [0.1, 0.15) is 29.5 Å². The third kappa shape index (κ3) is 8.40. The monoisotopic (exact) mass is 616 g/mol. The average Bonchev–Trinajstić information content (AvgIpc) is 2.95. The Balaban J connectivity index is 2.67. The van der Waals surface area contributed by atoms with Gasteiger partial charge >= 0.3 is 5.97 Å². The van der Waals surface area contributed by atoms with E-state index < -0.39 is 77.3 Å². The number of aliphatic hydroxyl groups excluding tert-OH is 2. The van der Waals surface area contributed by atoms with Gasteiger partial charge in [-0.25, -0.2) is 0 Å². The smallest absolute Gasteiger partial charge is 0.316 e. The summed E-state index contributed by atoms with van der Waals surface area (Å²) in [5, 5.41) is 33.7. The molecule has 0 aromatic rings. The molecule has 2 saturated heterocycles. The second kappa shape index (κ2) is 15.2. The maximum absolute atomic E-state index is 13.9. The average molecular weight is 617 g/mol. The van der Waals surface area contributed by atoms with E-state index in [2.05, 4.69) is 0 Å². The van der Waals surface area contributed by atoms with Crippen molar-refractivity contribution in [3.63, 3.8) is 0 Å². The van der Waals surface area contributed by atoms with Crippen molar-refractivity contribution >= 4 is 17.5 Å². The van der Waals surface area contributed by atoms with E-state index in [4.69, 9.17) is 24.7 Å². The van der Waals surface area contributed by atoms with E-state index >= 15 is 0 Å². The number of hydrogen-bond donors (Lipinski definition) is 4. The molecular formula is C31H56N2O10. The van der Waals surface area contributed by atoms with Crippen LogP contribution in [0.1, 0.15) is 74.7 Å². The van der Waals surface area contributed by atoms with Gasteiger partial charge in [-0.2, -0.15) is 0 Å². The highest BCUT2D eigenvalue weighted by molar-refractivity contribution is 6.00. The lowest BCUT2D eigenvalue weighted by Crippen LogP contribution is -2.60. The number of ketones is 2. The highest BCUT2D eigenvalue weighted by Crippen LogP contribution is 2.38. The van der Waals surface area contributed by atoms with Gasteiger partial charge in [-0.1, -0.05) is 27.7 Å². The Hall–Kier alpha value is -1.51. The fraction of sp³-hybridized carbons (Fsp3) is 0.903. The molecule has 0 spiro atoms. The Morgan fingerprint density at radius 1 is 1.02 bits per heavy atom. The number of likely N-dealkylation sites (N-methyl/N-ethyl adjacent to an activating group) is 1. The number of ether oxygens (including phenoxy) is 4. The van der Waals surface area contributed by atoms with Crippen molar-refractivity contribution in [3.05, 3.63) is 0 Å². The van der Waals surface area contributed by atoms with Gasteiger partial charge in [0.15, 0.2) is 12.1 Å². The molecule has 0 unspecified atom stereocenters. The largest absolute Gasteiger partial charge is 0.459 e. The number of carbonyl (C=O) groups is 3. The highest BCUT2D eigenvalue weighted by Gasteiger charge is 2.52. The van der Waals surface area contributed by atoms with Gasteiger partial charge < -0.3 is 44.9 Å². The first-order valence-corrected chi connectivity index (χ1v) is 15.5. The molecule has 2 aliphatic rings. The molecule has 0 aliphatic carbocycles. The molecule has 12 nitrogen and oxygen atoms in total. The third-order valence-electron chi connectivity index (χ3n) is 9.39. The van der Waals surface area contributed by atoms with E-state index in [9.17, 15) is 29.7 Å². The number of nitrogens with two attached hydrogens (primary N) is 1. The zero-order valence-electron chi connectivity index (χ0n) is 27.6. The summed E-state index contributed by atoms with van der Waals surface area (Å²) in [6.45, 7) is 13.0. The first kappa shape index (κ1) is 37.7. The van der Waals surface area contributed by atoms with E-state index in [1.165, 1.54) is 20.8 Å². The third-order valence-corrected chi connectivity index (χ3v) is 9.39. The molecular weight excluding hydrogens is 560 g/mol. The zero-order valence-corrected chi connectivity index (χ0v) is 27.6. The molecule has 0 bridgehead atoms. The lowest BCUT2D eigenvalue weighted by Gasteiger charge is -2.47. The molecule has 0 amide bonds. The van der Waals surface area contributed by atoms with Gasteiger partial charge in [0.25, 0.3) is 0 Å². The van der Waals surface area contributed by atoms with Crippen LogP contribution in [0.3, 0.4) is 0 Å². The van der Waals surface area contributed by atoms with Crippen molar-refractivity contribution in [2.24, 2.45) is 29.4 Å². The first-order valence-electron chi connectivity index (χ1n) is 15.5. The molecule has 5 N–H and O–H groups in total. The molecule has 0 aromatic heterocycles. The van der Waals surface area contributed by atoms with Gasteiger partial charge in [0.2, 0.25) is 0 Å². The van der Waals surface area contributed by atoms with Crippen LogP contribution in [-0.2, 0) is 33.3 Å². The maximum atomic E-state index is 13.9. The Bertz CT molecular complexity index is 961. The lowest BCUT2D eigenvalue weighted by molar-refractivity contribution is -0.297. The van der Waals surface area contributed by atoms with Crippen LogP contribution in [0, 0.1) is 23.7 Å². The maximum Gasteiger partial charge on any atom is 0.316 e. The van der Waals surface area contributed by atoms with Crippen molar-refractivity contribution in [2.45, 2.75) is 129 Å². The van der Waals surface area contributed by atoms with Crippen LogP contribution in [0.5, 0.6) is 0 Å². The molecule has 2 aliphatic heterocycles. The summed E-state index contributed by atoms with van der Waals surface area (Å²) in [5.74, 6) is -5.73. The lowest BCUT2D eigenvalue weighted by atomic mass is 9.74. The van der Waals surface area contributed by atoms with Crippen LogP contribution in [0.4, 0.5) is 0 Å². The van der Waals surface area contributed by atoms with Crippen molar-refractivity contribution in [1.29, 1.82) is 0 Å². The predicted molar refractivity (Wildman–Crippen MR) is 159 cm³/mol. The summed E-state index contributed by atoms with van der Waals surface area (Å²) < 4.78 is 24.4. The summed E-state index contributed by atoms with van der Waals surface area (Å²) in [4.78, 5) is 42.8. The molecule has 12 heteroatoms. The summed E-state index contributed by atoms with van der Waals surface area (Å²) in [7, 11) is 3.70. The molecule has 0 radical (unpaired) electrons. The Labute approximate surface area is 256 Å². The van der Waals surface area contributed by atoms with Gasteiger partial charge in [-0.05, 0) is 61.1 Å². The number of Topliss-reactive ketones (excluding diaryl/α,β-unsaturated/α-hetero) is 2. The van der Waals surface area contributed by atoms with Crippen LogP contribution >= 0.6 is 0 Å². The van der Waals surface area contributed by atoms with Crippen LogP contribution in [0.15, 0.2) is 0 Å². The van der Waals surface area contributed by atoms with Crippen molar-refractivity contribution in [1.82, 2.24) is 4.90 Å². The summed E-state index contributed by atoms with van der Waals surface area (Å²) in [5.41, 5.74) is 2.52. The van der Waals surface area contributed by atoms with E-state index in [-0.39, 0.29) is 43.9 Å². The van der Waals surface area contributed by atoms with Gasteiger partial charge in [-0.15, -0.1) is 0 Å². The topological polar surface area (TPSA) is 178 Å². The minimum atomic E-state index is -1.96. The van der Waals surface area contributed by atoms with E-state index in [1.807, 2.05) is 25.9 Å². The molecule has 0 aromatic carbocycles. The van der Waals surface area contributed by atoms with Crippen LogP contribution in [0.2, 0.25) is 0 Å². The van der Waals surface area contributed by atoms with E-state index in [0.29, 0.717) is 6.42 Å². The van der Waals surface area contributed by atoms with Gasteiger partial charge in [0.05, 0.1) is 30.5 Å². The predicted octanol–water partition coefficient (Wildman–Crippen LogP) is 1.05. The van der Waals surface area contributed by atoms with Crippen molar-refractivity contribution in [2.75, 3.05) is 27.2 Å². The first-order chi connectivity index (χ1) is 19.8. The normalized spacial score (nSPS) is 44.3. The summed E-state index contributed by atoms with van der Waals surface area (Å²) in [6, 6.07) is -0.287. The molecule has 43 heavy (non-hydrogen) atoms. The minimum absolute atomic E-state index is 0.0544. The quantitative estimate of drug-likeness (QED) is 0.236. The van der Waals surface area contributed by atoms with E-state index in [0.717, 1.165) is 0 Å². The van der Waals surface area contributed by atoms with Crippen LogP contribution < -0.4 is 5.73 Å².